The van der Waals surface area contributed by atoms with E-state index in [-0.39, 0.29) is 22.0 Å². The molecule has 0 spiro atoms. The average Bonchev–Trinajstić information content (AvgIpc) is 2.24. The first-order chi connectivity index (χ1) is 9.09. The number of amides is 1. The van der Waals surface area contributed by atoms with Crippen LogP contribution in [0.25, 0.3) is 0 Å². The van der Waals surface area contributed by atoms with E-state index in [0.29, 0.717) is 0 Å². The van der Waals surface area contributed by atoms with Gasteiger partial charge in [0, 0.05) is 16.5 Å². The van der Waals surface area contributed by atoms with E-state index >= 15 is 0 Å². The third-order valence-electron chi connectivity index (χ3n) is 2.22. The number of aliphatic carboxylic acids is 1. The molecule has 1 aromatic carbocycles. The highest BCUT2D eigenvalue weighted by Crippen LogP contribution is 2.20. The molecule has 0 aromatic heterocycles. The molecule has 110 valence electrons. The predicted molar refractivity (Wildman–Crippen MR) is 65.8 cm³/mol. The van der Waals surface area contributed by atoms with Crippen LogP contribution < -0.4 is 5.32 Å². The highest BCUT2D eigenvalue weighted by Gasteiger charge is 2.40. The van der Waals surface area contributed by atoms with Gasteiger partial charge in [0.05, 0.1) is 0 Å². The van der Waals surface area contributed by atoms with Crippen LogP contribution >= 0.6 is 23.2 Å². The third kappa shape index (κ3) is 4.90. The minimum atomic E-state index is -5.15. The van der Waals surface area contributed by atoms with E-state index in [9.17, 15) is 22.8 Å². The summed E-state index contributed by atoms with van der Waals surface area (Å²) in [6.45, 7) is 0. The summed E-state index contributed by atoms with van der Waals surface area (Å²) in [5.41, 5.74) is 0.289. The number of hydrogen-bond donors (Lipinski definition) is 2. The van der Waals surface area contributed by atoms with E-state index in [1.54, 1.807) is 0 Å². The van der Waals surface area contributed by atoms with Gasteiger partial charge in [0.2, 0.25) is 0 Å². The first kappa shape index (κ1) is 16.6. The Morgan fingerprint density at radius 1 is 1.20 bits per heavy atom. The zero-order valence-corrected chi connectivity index (χ0v) is 11.2. The number of nitrogens with one attached hydrogen (secondary N) is 1. The summed E-state index contributed by atoms with van der Waals surface area (Å²) in [6, 6.07) is 2.35. The summed E-state index contributed by atoms with van der Waals surface area (Å²) < 4.78 is 36.3. The summed E-state index contributed by atoms with van der Waals surface area (Å²) in [7, 11) is 0. The van der Waals surface area contributed by atoms with Crippen LogP contribution in [0, 0.1) is 0 Å². The van der Waals surface area contributed by atoms with Crippen molar-refractivity contribution in [1.82, 2.24) is 5.32 Å². The van der Waals surface area contributed by atoms with Crippen molar-refractivity contribution in [1.29, 1.82) is 0 Å². The number of halogens is 5. The van der Waals surface area contributed by atoms with Crippen LogP contribution in [0.1, 0.15) is 5.56 Å². The Morgan fingerprint density at radius 2 is 1.70 bits per heavy atom. The molecule has 0 aliphatic rings. The van der Waals surface area contributed by atoms with Crippen molar-refractivity contribution in [2.24, 2.45) is 0 Å². The van der Waals surface area contributed by atoms with Gasteiger partial charge in [-0.1, -0.05) is 23.2 Å². The van der Waals surface area contributed by atoms with Crippen LogP contribution in [0.2, 0.25) is 10.0 Å². The summed E-state index contributed by atoms with van der Waals surface area (Å²) >= 11 is 11.4. The van der Waals surface area contributed by atoms with Crippen LogP contribution in [-0.4, -0.2) is 29.2 Å². The van der Waals surface area contributed by atoms with Gasteiger partial charge >= 0.3 is 18.1 Å². The molecule has 4 nitrogen and oxygen atoms in total. The van der Waals surface area contributed by atoms with Crippen molar-refractivity contribution in [3.05, 3.63) is 33.8 Å². The smallest absolute Gasteiger partial charge is 0.471 e. The second kappa shape index (κ2) is 6.32. The lowest BCUT2D eigenvalue weighted by atomic mass is 10.1. The van der Waals surface area contributed by atoms with Crippen LogP contribution in [0.4, 0.5) is 13.2 Å². The quantitative estimate of drug-likeness (QED) is 0.892. The van der Waals surface area contributed by atoms with Gasteiger partial charge in [0.25, 0.3) is 0 Å². The molecule has 0 radical (unpaired) electrons. The molecule has 0 fully saturated rings. The van der Waals surface area contributed by atoms with Gasteiger partial charge in [0.15, 0.2) is 0 Å². The van der Waals surface area contributed by atoms with E-state index in [2.05, 4.69) is 0 Å². The zero-order valence-electron chi connectivity index (χ0n) is 9.67. The Labute approximate surface area is 121 Å². The predicted octanol–water partition coefficient (Wildman–Crippen LogP) is 2.67. The first-order valence-corrected chi connectivity index (χ1v) is 5.90. The molecule has 1 unspecified atom stereocenters. The van der Waals surface area contributed by atoms with Crippen molar-refractivity contribution in [2.45, 2.75) is 18.6 Å². The van der Waals surface area contributed by atoms with E-state index in [1.807, 2.05) is 0 Å². The Balaban J connectivity index is 2.88. The maximum absolute atomic E-state index is 12.1. The number of rotatable bonds is 4. The normalized spacial score (nSPS) is 12.8. The van der Waals surface area contributed by atoms with Crippen LogP contribution in [0.15, 0.2) is 18.2 Å². The third-order valence-corrected chi connectivity index (χ3v) is 2.66. The molecule has 2 N–H and O–H groups in total. The van der Waals surface area contributed by atoms with Crippen LogP contribution in [0.5, 0.6) is 0 Å². The lowest BCUT2D eigenvalue weighted by molar-refractivity contribution is -0.175. The van der Waals surface area contributed by atoms with Gasteiger partial charge in [-0.25, -0.2) is 4.79 Å². The number of alkyl halides is 3. The van der Waals surface area contributed by atoms with Gasteiger partial charge in [-0.05, 0) is 23.8 Å². The van der Waals surface area contributed by atoms with Crippen molar-refractivity contribution < 1.29 is 27.9 Å². The standard InChI is InChI=1S/C11H8Cl2F3NO3/c12-6-1-5(2-7(13)4-6)3-8(9(18)19)17-10(20)11(14,15)16/h1-2,4,8H,3H2,(H,17,20)(H,18,19). The Kier molecular flexibility index (Phi) is 5.24. The van der Waals surface area contributed by atoms with Crippen molar-refractivity contribution in [2.75, 3.05) is 0 Å². The molecule has 20 heavy (non-hydrogen) atoms. The second-order valence-corrected chi connectivity index (χ2v) is 4.72. The molecule has 1 amide bonds. The lowest BCUT2D eigenvalue weighted by Gasteiger charge is -2.16. The summed E-state index contributed by atoms with van der Waals surface area (Å²) in [4.78, 5) is 21.6. The molecule has 1 aromatic rings. The fourth-order valence-electron chi connectivity index (χ4n) is 1.40. The van der Waals surface area contributed by atoms with Gasteiger partial charge in [-0.2, -0.15) is 13.2 Å². The minimum Gasteiger partial charge on any atom is -0.480 e. The van der Waals surface area contributed by atoms with E-state index in [0.717, 1.165) is 0 Å². The molecule has 0 aliphatic heterocycles. The summed E-state index contributed by atoms with van der Waals surface area (Å²) in [6.07, 6.45) is -5.53. The highest BCUT2D eigenvalue weighted by atomic mass is 35.5. The average molecular weight is 330 g/mol. The maximum Gasteiger partial charge on any atom is 0.471 e. The van der Waals surface area contributed by atoms with Crippen molar-refractivity contribution >= 4 is 35.1 Å². The molecule has 0 saturated heterocycles. The molecule has 0 saturated carbocycles. The Hall–Kier alpha value is -1.47. The molecule has 1 atom stereocenters. The highest BCUT2D eigenvalue weighted by molar-refractivity contribution is 6.34. The fourth-order valence-corrected chi connectivity index (χ4v) is 1.98. The Morgan fingerprint density at radius 3 is 2.10 bits per heavy atom. The number of carboxylic acids is 1. The zero-order chi connectivity index (χ0) is 15.5. The fraction of sp³-hybridized carbons (Fsp3) is 0.273. The van der Waals surface area contributed by atoms with Gasteiger partial charge in [-0.15, -0.1) is 0 Å². The molecule has 0 heterocycles. The van der Waals surface area contributed by atoms with Gasteiger partial charge in [0.1, 0.15) is 6.04 Å². The number of carboxylic acid groups (broad SMARTS) is 1. The number of benzene rings is 1. The van der Waals surface area contributed by atoms with Crippen molar-refractivity contribution in [3.8, 4) is 0 Å². The number of carbonyl (C=O) groups excluding carboxylic acids is 1. The van der Waals surface area contributed by atoms with Gasteiger partial charge < -0.3 is 10.4 Å². The lowest BCUT2D eigenvalue weighted by Crippen LogP contribution is -2.47. The van der Waals surface area contributed by atoms with Crippen LogP contribution in [-0.2, 0) is 16.0 Å². The topological polar surface area (TPSA) is 66.4 Å². The first-order valence-electron chi connectivity index (χ1n) is 5.15. The van der Waals surface area contributed by atoms with E-state index < -0.39 is 24.1 Å². The second-order valence-electron chi connectivity index (χ2n) is 3.84. The summed E-state index contributed by atoms with van der Waals surface area (Å²) in [5, 5.41) is 10.6. The van der Waals surface area contributed by atoms with E-state index in [1.165, 1.54) is 23.5 Å². The summed E-state index contributed by atoms with van der Waals surface area (Å²) in [5.74, 6) is -3.92. The SMILES string of the molecule is O=C(O)C(Cc1cc(Cl)cc(Cl)c1)NC(=O)C(F)(F)F. The largest absolute Gasteiger partial charge is 0.480 e. The van der Waals surface area contributed by atoms with Gasteiger partial charge in [-0.3, -0.25) is 4.79 Å². The molecular formula is C11H8Cl2F3NO3. The molecule has 0 bridgehead atoms. The molecule has 9 heteroatoms. The monoisotopic (exact) mass is 329 g/mol. The molecular weight excluding hydrogens is 322 g/mol. The van der Waals surface area contributed by atoms with E-state index in [4.69, 9.17) is 28.3 Å². The number of carbonyl (C=O) groups is 2. The van der Waals surface area contributed by atoms with Crippen LogP contribution in [0.3, 0.4) is 0 Å². The minimum absolute atomic E-state index is 0.207. The number of hydrogen-bond acceptors (Lipinski definition) is 2. The molecule has 0 aliphatic carbocycles. The maximum atomic E-state index is 12.1. The molecule has 1 rings (SSSR count). The Bertz CT molecular complexity index is 514. The van der Waals surface area contributed by atoms with Crippen molar-refractivity contribution in [3.63, 3.8) is 0 Å².